The van der Waals surface area contributed by atoms with Crippen LogP contribution in [0.25, 0.3) is 0 Å². The largest absolute Gasteiger partial charge is 0.392 e. The predicted octanol–water partition coefficient (Wildman–Crippen LogP) is 2.87. The molecule has 112 valence electrons. The molecule has 0 saturated heterocycles. The minimum atomic E-state index is -3.62. The molecule has 0 amide bonds. The first-order valence-corrected chi connectivity index (χ1v) is 8.26. The van der Waals surface area contributed by atoms with Gasteiger partial charge in [-0.25, -0.2) is 13.1 Å². The lowest BCUT2D eigenvalue weighted by molar-refractivity contribution is 0.282. The first-order valence-electron chi connectivity index (χ1n) is 6.40. The van der Waals surface area contributed by atoms with E-state index in [4.69, 9.17) is 16.7 Å². The Balaban J connectivity index is 2.20. The molecule has 0 heterocycles. The summed E-state index contributed by atoms with van der Waals surface area (Å²) < 4.78 is 27.2. The molecule has 2 aromatic carbocycles. The van der Waals surface area contributed by atoms with Crippen LogP contribution in [0.1, 0.15) is 24.1 Å². The molecule has 0 spiro atoms. The fourth-order valence-electron chi connectivity index (χ4n) is 1.92. The Labute approximate surface area is 129 Å². The third-order valence-corrected chi connectivity index (χ3v) is 4.89. The Morgan fingerprint density at radius 2 is 1.86 bits per heavy atom. The highest BCUT2D eigenvalue weighted by Crippen LogP contribution is 2.20. The average Bonchev–Trinajstić information content (AvgIpc) is 2.47. The fourth-order valence-corrected chi connectivity index (χ4v) is 3.35. The summed E-state index contributed by atoms with van der Waals surface area (Å²) in [5, 5.41) is 9.53. The molecule has 0 aliphatic rings. The molecule has 2 rings (SSSR count). The van der Waals surface area contributed by atoms with Crippen LogP contribution in [-0.4, -0.2) is 13.5 Å². The van der Waals surface area contributed by atoms with E-state index < -0.39 is 16.1 Å². The summed E-state index contributed by atoms with van der Waals surface area (Å²) in [4.78, 5) is 0.161. The molecule has 1 unspecified atom stereocenters. The number of aliphatic hydroxyl groups excluding tert-OH is 1. The van der Waals surface area contributed by atoms with Gasteiger partial charge in [-0.05, 0) is 42.3 Å². The lowest BCUT2D eigenvalue weighted by Crippen LogP contribution is -2.26. The smallest absolute Gasteiger partial charge is 0.241 e. The molecule has 0 aliphatic heterocycles. The highest BCUT2D eigenvalue weighted by atomic mass is 35.5. The number of halogens is 1. The molecular formula is C15H16ClNO3S. The van der Waals surface area contributed by atoms with Crippen molar-refractivity contribution in [3.8, 4) is 0 Å². The van der Waals surface area contributed by atoms with Gasteiger partial charge in [-0.15, -0.1) is 0 Å². The van der Waals surface area contributed by atoms with Crippen molar-refractivity contribution in [2.24, 2.45) is 0 Å². The number of aliphatic hydroxyl groups is 1. The van der Waals surface area contributed by atoms with Gasteiger partial charge < -0.3 is 5.11 Å². The van der Waals surface area contributed by atoms with Gasteiger partial charge in [0.2, 0.25) is 10.0 Å². The van der Waals surface area contributed by atoms with Crippen LogP contribution in [0, 0.1) is 0 Å². The molecule has 21 heavy (non-hydrogen) atoms. The van der Waals surface area contributed by atoms with Crippen LogP contribution < -0.4 is 4.72 Å². The molecule has 1 atom stereocenters. The van der Waals surface area contributed by atoms with Crippen molar-refractivity contribution in [1.29, 1.82) is 0 Å². The minimum Gasteiger partial charge on any atom is -0.392 e. The summed E-state index contributed by atoms with van der Waals surface area (Å²) in [6, 6.07) is 12.8. The summed E-state index contributed by atoms with van der Waals surface area (Å²) in [6.45, 7) is 1.64. The van der Waals surface area contributed by atoms with Crippen LogP contribution in [-0.2, 0) is 16.6 Å². The summed E-state index contributed by atoms with van der Waals surface area (Å²) in [6.07, 6.45) is 0. The molecule has 2 N–H and O–H groups in total. The Kier molecular flexibility index (Phi) is 5.00. The number of benzene rings is 2. The lowest BCUT2D eigenvalue weighted by atomic mass is 10.1. The van der Waals surface area contributed by atoms with E-state index in [-0.39, 0.29) is 11.5 Å². The molecule has 0 aromatic heterocycles. The first-order chi connectivity index (χ1) is 9.92. The third-order valence-electron chi connectivity index (χ3n) is 3.10. The molecule has 0 radical (unpaired) electrons. The van der Waals surface area contributed by atoms with Gasteiger partial charge in [0.25, 0.3) is 0 Å². The van der Waals surface area contributed by atoms with E-state index >= 15 is 0 Å². The quantitative estimate of drug-likeness (QED) is 0.888. The van der Waals surface area contributed by atoms with E-state index in [9.17, 15) is 8.42 Å². The second-order valence-electron chi connectivity index (χ2n) is 4.70. The average molecular weight is 326 g/mol. The first kappa shape index (κ1) is 16.0. The maximum absolute atomic E-state index is 12.3. The summed E-state index contributed by atoms with van der Waals surface area (Å²) in [5.41, 5.74) is 1.45. The number of sulfonamides is 1. The Bertz CT molecular complexity index is 714. The van der Waals surface area contributed by atoms with Crippen LogP contribution >= 0.6 is 11.6 Å². The van der Waals surface area contributed by atoms with E-state index in [1.807, 2.05) is 6.07 Å². The SMILES string of the molecule is CC(NS(=O)(=O)c1ccc(CO)cc1)c1cccc(Cl)c1. The second kappa shape index (κ2) is 6.58. The molecular weight excluding hydrogens is 310 g/mol. The molecule has 0 saturated carbocycles. The Morgan fingerprint density at radius 3 is 2.43 bits per heavy atom. The zero-order valence-electron chi connectivity index (χ0n) is 11.5. The minimum absolute atomic E-state index is 0.118. The standard InChI is InChI=1S/C15H16ClNO3S/c1-11(13-3-2-4-14(16)9-13)17-21(19,20)15-7-5-12(10-18)6-8-15/h2-9,11,17-18H,10H2,1H3. The van der Waals surface area contributed by atoms with Crippen LogP contribution in [0.4, 0.5) is 0 Å². The van der Waals surface area contributed by atoms with Crippen molar-refractivity contribution in [3.63, 3.8) is 0 Å². The van der Waals surface area contributed by atoms with E-state index in [0.29, 0.717) is 10.6 Å². The van der Waals surface area contributed by atoms with Gasteiger partial charge in [-0.3, -0.25) is 0 Å². The molecule has 4 nitrogen and oxygen atoms in total. The Hall–Kier alpha value is -1.40. The Morgan fingerprint density at radius 1 is 1.19 bits per heavy atom. The van der Waals surface area contributed by atoms with Crippen molar-refractivity contribution in [3.05, 3.63) is 64.7 Å². The number of rotatable bonds is 5. The van der Waals surface area contributed by atoms with Crippen molar-refractivity contribution < 1.29 is 13.5 Å². The molecule has 2 aromatic rings. The highest BCUT2D eigenvalue weighted by molar-refractivity contribution is 7.89. The summed E-state index contributed by atoms with van der Waals surface area (Å²) >= 11 is 5.91. The van der Waals surface area contributed by atoms with Crippen LogP contribution in [0.3, 0.4) is 0 Å². The van der Waals surface area contributed by atoms with Crippen molar-refractivity contribution in [2.45, 2.75) is 24.5 Å². The predicted molar refractivity (Wildman–Crippen MR) is 82.6 cm³/mol. The molecule has 0 bridgehead atoms. The van der Waals surface area contributed by atoms with Gasteiger partial charge in [0, 0.05) is 11.1 Å². The highest BCUT2D eigenvalue weighted by Gasteiger charge is 2.18. The molecule has 6 heteroatoms. The maximum Gasteiger partial charge on any atom is 0.241 e. The van der Waals surface area contributed by atoms with E-state index in [1.54, 1.807) is 37.3 Å². The maximum atomic E-state index is 12.3. The van der Waals surface area contributed by atoms with Gasteiger partial charge in [0.05, 0.1) is 11.5 Å². The van der Waals surface area contributed by atoms with E-state index in [1.165, 1.54) is 12.1 Å². The number of nitrogens with one attached hydrogen (secondary N) is 1. The van der Waals surface area contributed by atoms with Gasteiger partial charge >= 0.3 is 0 Å². The number of hydrogen-bond donors (Lipinski definition) is 2. The normalized spacial score (nSPS) is 13.1. The van der Waals surface area contributed by atoms with Gasteiger partial charge in [0.15, 0.2) is 0 Å². The van der Waals surface area contributed by atoms with Gasteiger partial charge in [0.1, 0.15) is 0 Å². The van der Waals surface area contributed by atoms with Gasteiger partial charge in [-0.2, -0.15) is 0 Å². The van der Waals surface area contributed by atoms with Crippen LogP contribution in [0.5, 0.6) is 0 Å². The van der Waals surface area contributed by atoms with Crippen molar-refractivity contribution in [1.82, 2.24) is 4.72 Å². The summed E-state index contributed by atoms with van der Waals surface area (Å²) in [7, 11) is -3.62. The van der Waals surface area contributed by atoms with E-state index in [2.05, 4.69) is 4.72 Å². The number of hydrogen-bond acceptors (Lipinski definition) is 3. The topological polar surface area (TPSA) is 66.4 Å². The third kappa shape index (κ3) is 4.04. The lowest BCUT2D eigenvalue weighted by Gasteiger charge is -2.15. The van der Waals surface area contributed by atoms with Crippen molar-refractivity contribution >= 4 is 21.6 Å². The van der Waals surface area contributed by atoms with Crippen LogP contribution in [0.2, 0.25) is 5.02 Å². The molecule has 0 fully saturated rings. The molecule has 0 aliphatic carbocycles. The van der Waals surface area contributed by atoms with Crippen molar-refractivity contribution in [2.75, 3.05) is 0 Å². The fraction of sp³-hybridized carbons (Fsp3) is 0.200. The zero-order valence-corrected chi connectivity index (χ0v) is 13.0. The van der Waals surface area contributed by atoms with Gasteiger partial charge in [-0.1, -0.05) is 35.9 Å². The van der Waals surface area contributed by atoms with Crippen LogP contribution in [0.15, 0.2) is 53.4 Å². The zero-order chi connectivity index (χ0) is 15.5. The van der Waals surface area contributed by atoms with E-state index in [0.717, 1.165) is 5.56 Å². The second-order valence-corrected chi connectivity index (χ2v) is 6.85. The summed E-state index contributed by atoms with van der Waals surface area (Å²) in [5.74, 6) is 0. The monoisotopic (exact) mass is 325 g/mol.